The van der Waals surface area contributed by atoms with Crippen molar-refractivity contribution in [3.63, 3.8) is 0 Å². The Bertz CT molecular complexity index is 830. The van der Waals surface area contributed by atoms with E-state index in [-0.39, 0.29) is 6.42 Å². The predicted octanol–water partition coefficient (Wildman–Crippen LogP) is 3.62. The Morgan fingerprint density at radius 1 is 1.23 bits per heavy atom. The number of rotatable bonds is 4. The molecule has 30 heavy (non-hydrogen) atoms. The lowest BCUT2D eigenvalue weighted by atomic mass is 9.76. The molecule has 7 heteroatoms. The third-order valence-electron chi connectivity index (χ3n) is 6.31. The van der Waals surface area contributed by atoms with Crippen LogP contribution in [-0.4, -0.2) is 49.3 Å². The molecule has 0 bridgehead atoms. The second-order valence-electron chi connectivity index (χ2n) is 9.15. The van der Waals surface area contributed by atoms with Crippen molar-refractivity contribution in [3.05, 3.63) is 35.9 Å². The second-order valence-corrected chi connectivity index (χ2v) is 9.15. The molecule has 0 amide bonds. The maximum absolute atomic E-state index is 13.0. The van der Waals surface area contributed by atoms with Crippen molar-refractivity contribution in [1.82, 2.24) is 0 Å². The molecule has 0 N–H and O–H groups in total. The number of ether oxygens (including phenoxy) is 4. The van der Waals surface area contributed by atoms with Crippen molar-refractivity contribution in [2.45, 2.75) is 70.3 Å². The maximum atomic E-state index is 13.0. The lowest BCUT2D eigenvalue weighted by Crippen LogP contribution is -2.59. The number of carbonyl (C=O) groups is 2. The van der Waals surface area contributed by atoms with Crippen molar-refractivity contribution in [2.24, 2.45) is 10.4 Å². The molecular formula is C23H31NO6. The van der Waals surface area contributed by atoms with E-state index in [1.807, 2.05) is 58.0 Å². The van der Waals surface area contributed by atoms with Crippen molar-refractivity contribution < 1.29 is 28.5 Å². The summed E-state index contributed by atoms with van der Waals surface area (Å²) in [5, 5.41) is 0. The highest BCUT2D eigenvalue weighted by molar-refractivity contribution is 5.97. The van der Waals surface area contributed by atoms with Gasteiger partial charge in [-0.05, 0) is 25.3 Å². The zero-order valence-corrected chi connectivity index (χ0v) is 18.6. The Morgan fingerprint density at radius 2 is 1.90 bits per heavy atom. The predicted molar refractivity (Wildman–Crippen MR) is 111 cm³/mol. The first-order valence-corrected chi connectivity index (χ1v) is 10.2. The molecule has 4 atom stereocenters. The fraction of sp³-hybridized carbons (Fsp3) is 0.609. The highest BCUT2D eigenvalue weighted by atomic mass is 16.6. The van der Waals surface area contributed by atoms with E-state index < -0.39 is 40.7 Å². The Labute approximate surface area is 177 Å². The molecule has 1 spiro atoms. The van der Waals surface area contributed by atoms with Gasteiger partial charge in [0.15, 0.2) is 17.2 Å². The smallest absolute Gasteiger partial charge is 0.340 e. The van der Waals surface area contributed by atoms with Crippen LogP contribution >= 0.6 is 0 Å². The lowest BCUT2D eigenvalue weighted by molar-refractivity contribution is -0.173. The largest absolute Gasteiger partial charge is 0.481 e. The molecule has 1 aliphatic heterocycles. The van der Waals surface area contributed by atoms with E-state index in [4.69, 9.17) is 23.9 Å². The molecule has 0 aromatic heterocycles. The van der Waals surface area contributed by atoms with Gasteiger partial charge in [0.1, 0.15) is 6.10 Å². The maximum Gasteiger partial charge on any atom is 0.340 e. The number of cyclic esters (lactones) is 1. The molecule has 1 saturated carbocycles. The Morgan fingerprint density at radius 3 is 2.47 bits per heavy atom. The summed E-state index contributed by atoms with van der Waals surface area (Å²) in [5.74, 6) is -0.489. The van der Waals surface area contributed by atoms with Gasteiger partial charge in [0, 0.05) is 18.9 Å². The summed E-state index contributed by atoms with van der Waals surface area (Å²) >= 11 is 0. The third-order valence-corrected chi connectivity index (χ3v) is 6.31. The van der Waals surface area contributed by atoms with E-state index in [0.29, 0.717) is 18.7 Å². The van der Waals surface area contributed by atoms with Gasteiger partial charge in [-0.2, -0.15) is 0 Å². The number of hydrogen-bond acceptors (Lipinski definition) is 7. The first-order valence-electron chi connectivity index (χ1n) is 10.2. The Kier molecular flexibility index (Phi) is 5.96. The van der Waals surface area contributed by atoms with Crippen LogP contribution in [-0.2, 0) is 28.5 Å². The van der Waals surface area contributed by atoms with E-state index in [9.17, 15) is 9.59 Å². The molecule has 1 aromatic carbocycles. The van der Waals surface area contributed by atoms with Gasteiger partial charge in [0.05, 0.1) is 7.11 Å². The van der Waals surface area contributed by atoms with Crippen LogP contribution < -0.4 is 0 Å². The van der Waals surface area contributed by atoms with Crippen molar-refractivity contribution >= 4 is 17.8 Å². The molecule has 2 aliphatic rings. The molecular weight excluding hydrogens is 386 g/mol. The third kappa shape index (κ3) is 3.83. The van der Waals surface area contributed by atoms with Gasteiger partial charge in [-0.25, -0.2) is 14.6 Å². The summed E-state index contributed by atoms with van der Waals surface area (Å²) in [6.07, 6.45) is -0.0651. The van der Waals surface area contributed by atoms with E-state index in [1.54, 1.807) is 0 Å². The topological polar surface area (TPSA) is 83.4 Å². The number of aliphatic imine (C=N–C) groups is 1. The molecule has 3 rings (SSSR count). The Balaban J connectivity index is 1.78. The number of esters is 2. The van der Waals surface area contributed by atoms with Crippen LogP contribution in [0, 0.1) is 5.41 Å². The van der Waals surface area contributed by atoms with Gasteiger partial charge in [0.25, 0.3) is 0 Å². The number of methoxy groups -OCH3 is 2. The molecule has 0 saturated heterocycles. The van der Waals surface area contributed by atoms with Gasteiger partial charge in [-0.15, -0.1) is 0 Å². The van der Waals surface area contributed by atoms with Gasteiger partial charge >= 0.3 is 11.9 Å². The molecule has 1 aromatic rings. The van der Waals surface area contributed by atoms with E-state index in [1.165, 1.54) is 14.2 Å². The minimum absolute atomic E-state index is 0.260. The summed E-state index contributed by atoms with van der Waals surface area (Å²) < 4.78 is 22.5. The zero-order chi connectivity index (χ0) is 22.2. The fourth-order valence-electron chi connectivity index (χ4n) is 3.98. The number of benzene rings is 1. The van der Waals surface area contributed by atoms with Crippen LogP contribution in [0.3, 0.4) is 0 Å². The standard InChI is InChI=1S/C23H31NO6/c1-21(2,3)22(4)19(28-6)24-23(20(26)30-22)13-12-16(14-23)29-18(25)17(27-5)15-10-8-7-9-11-15/h7-11,16-17H,12-14H2,1-6H3/t16-,17-,22+,23+/m1/s1. The SMILES string of the molecule is COC1=N[C@]2(CC[C@@H](OC(=O)[C@H](OC)c3ccccc3)C2)C(=O)O[C@]1(C)C(C)(C)C. The summed E-state index contributed by atoms with van der Waals surface area (Å²) in [4.78, 5) is 30.5. The van der Waals surface area contributed by atoms with Crippen molar-refractivity contribution in [1.29, 1.82) is 0 Å². The van der Waals surface area contributed by atoms with Crippen LogP contribution in [0.25, 0.3) is 0 Å². The number of nitrogens with zero attached hydrogens (tertiary/aromatic N) is 1. The molecule has 1 heterocycles. The minimum Gasteiger partial charge on any atom is -0.481 e. The molecule has 0 radical (unpaired) electrons. The van der Waals surface area contributed by atoms with Crippen LogP contribution in [0.5, 0.6) is 0 Å². The van der Waals surface area contributed by atoms with Crippen LogP contribution in [0.1, 0.15) is 58.6 Å². The van der Waals surface area contributed by atoms with Crippen LogP contribution in [0.4, 0.5) is 0 Å². The van der Waals surface area contributed by atoms with E-state index >= 15 is 0 Å². The molecule has 1 fully saturated rings. The van der Waals surface area contributed by atoms with Crippen LogP contribution in [0.2, 0.25) is 0 Å². The lowest BCUT2D eigenvalue weighted by Gasteiger charge is -2.45. The Hall–Kier alpha value is -2.41. The van der Waals surface area contributed by atoms with E-state index in [0.717, 1.165) is 5.56 Å². The fourth-order valence-corrected chi connectivity index (χ4v) is 3.98. The van der Waals surface area contributed by atoms with Crippen molar-refractivity contribution in [2.75, 3.05) is 14.2 Å². The average Bonchev–Trinajstić information content (AvgIpc) is 3.09. The molecule has 1 aliphatic carbocycles. The first kappa shape index (κ1) is 22.3. The summed E-state index contributed by atoms with van der Waals surface area (Å²) in [5.41, 5.74) is -1.73. The highest BCUT2D eigenvalue weighted by Gasteiger charge is 2.59. The van der Waals surface area contributed by atoms with Gasteiger partial charge in [-0.3, -0.25) is 0 Å². The summed E-state index contributed by atoms with van der Waals surface area (Å²) in [6.45, 7) is 7.73. The monoisotopic (exact) mass is 417 g/mol. The quantitative estimate of drug-likeness (QED) is 0.696. The normalized spacial score (nSPS) is 29.9. The number of hydrogen-bond donors (Lipinski definition) is 0. The van der Waals surface area contributed by atoms with E-state index in [2.05, 4.69) is 0 Å². The molecule has 7 nitrogen and oxygen atoms in total. The second kappa shape index (κ2) is 8.02. The van der Waals surface area contributed by atoms with Gasteiger partial charge < -0.3 is 18.9 Å². The summed E-state index contributed by atoms with van der Waals surface area (Å²) in [7, 11) is 3.00. The number of carbonyl (C=O) groups excluding carboxylic acids is 2. The van der Waals surface area contributed by atoms with Crippen LogP contribution in [0.15, 0.2) is 35.3 Å². The van der Waals surface area contributed by atoms with Gasteiger partial charge in [-0.1, -0.05) is 51.1 Å². The zero-order valence-electron chi connectivity index (χ0n) is 18.6. The molecule has 0 unspecified atom stereocenters. The van der Waals surface area contributed by atoms with Gasteiger partial charge in [0.2, 0.25) is 5.90 Å². The minimum atomic E-state index is -1.09. The van der Waals surface area contributed by atoms with Crippen molar-refractivity contribution in [3.8, 4) is 0 Å². The average molecular weight is 418 g/mol. The first-order chi connectivity index (χ1) is 14.1. The molecule has 164 valence electrons. The highest BCUT2D eigenvalue weighted by Crippen LogP contribution is 2.46. The summed E-state index contributed by atoms with van der Waals surface area (Å²) in [6, 6.07) is 9.17.